The molecule has 2 aromatic rings. The van der Waals surface area contributed by atoms with Crippen molar-refractivity contribution in [2.45, 2.75) is 26.2 Å². The van der Waals surface area contributed by atoms with Gasteiger partial charge in [0.05, 0.1) is 0 Å². The summed E-state index contributed by atoms with van der Waals surface area (Å²) in [6, 6.07) is 15.4. The second-order valence-corrected chi connectivity index (χ2v) is 6.14. The third-order valence-electron chi connectivity index (χ3n) is 3.54. The van der Waals surface area contributed by atoms with E-state index in [1.165, 1.54) is 5.56 Å². The maximum atomic E-state index is 11.9. The van der Waals surface area contributed by atoms with E-state index in [2.05, 4.69) is 47.2 Å². The molecule has 0 unspecified atom stereocenters. The molecule has 0 heterocycles. The number of carbonyl (C=O) groups excluding carboxylic acids is 1. The standard InChI is InChI=1S/C18H20BrNO2/c1-3-13(2)14-7-9-16(10-8-14)20-18(21)12-22-17-6-4-5-15(19)11-17/h4-11,13H,3,12H2,1-2H3,(H,20,21)/t13-/m0/s1. The highest BCUT2D eigenvalue weighted by Gasteiger charge is 2.06. The molecule has 0 aliphatic carbocycles. The molecule has 0 bridgehead atoms. The van der Waals surface area contributed by atoms with Crippen molar-refractivity contribution in [3.8, 4) is 5.75 Å². The third-order valence-corrected chi connectivity index (χ3v) is 4.04. The highest BCUT2D eigenvalue weighted by atomic mass is 79.9. The SMILES string of the molecule is CC[C@H](C)c1ccc(NC(=O)COc2cccc(Br)c2)cc1. The maximum absolute atomic E-state index is 11.9. The molecular formula is C18H20BrNO2. The molecule has 0 aromatic heterocycles. The average Bonchev–Trinajstić information content (AvgIpc) is 2.53. The number of nitrogens with one attached hydrogen (secondary N) is 1. The molecule has 116 valence electrons. The predicted octanol–water partition coefficient (Wildman–Crippen LogP) is 4.98. The first-order valence-electron chi connectivity index (χ1n) is 7.36. The van der Waals surface area contributed by atoms with Gasteiger partial charge in [0.1, 0.15) is 5.75 Å². The van der Waals surface area contributed by atoms with Gasteiger partial charge in [0.2, 0.25) is 0 Å². The smallest absolute Gasteiger partial charge is 0.262 e. The minimum absolute atomic E-state index is 0.0103. The maximum Gasteiger partial charge on any atom is 0.262 e. The molecule has 0 fully saturated rings. The van der Waals surface area contributed by atoms with Gasteiger partial charge < -0.3 is 10.1 Å². The van der Waals surface area contributed by atoms with Crippen molar-refractivity contribution in [1.29, 1.82) is 0 Å². The highest BCUT2D eigenvalue weighted by molar-refractivity contribution is 9.10. The van der Waals surface area contributed by atoms with Gasteiger partial charge in [0.25, 0.3) is 5.91 Å². The molecule has 0 spiro atoms. The molecule has 0 saturated heterocycles. The quantitative estimate of drug-likeness (QED) is 0.787. The van der Waals surface area contributed by atoms with Crippen LogP contribution in [-0.2, 0) is 4.79 Å². The van der Waals surface area contributed by atoms with Gasteiger partial charge in [-0.3, -0.25) is 4.79 Å². The summed E-state index contributed by atoms with van der Waals surface area (Å²) in [5.74, 6) is 1.03. The van der Waals surface area contributed by atoms with Gasteiger partial charge in [-0.1, -0.05) is 48.0 Å². The number of hydrogen-bond donors (Lipinski definition) is 1. The minimum atomic E-state index is -0.170. The molecule has 3 nitrogen and oxygen atoms in total. The zero-order valence-electron chi connectivity index (χ0n) is 12.8. The Morgan fingerprint density at radius 2 is 1.95 bits per heavy atom. The molecule has 4 heteroatoms. The summed E-state index contributed by atoms with van der Waals surface area (Å²) >= 11 is 3.37. The van der Waals surface area contributed by atoms with E-state index in [4.69, 9.17) is 4.74 Å². The number of ether oxygens (including phenoxy) is 1. The fraction of sp³-hybridized carbons (Fsp3) is 0.278. The van der Waals surface area contributed by atoms with Crippen LogP contribution < -0.4 is 10.1 Å². The van der Waals surface area contributed by atoms with E-state index in [1.807, 2.05) is 36.4 Å². The first-order chi connectivity index (χ1) is 10.6. The summed E-state index contributed by atoms with van der Waals surface area (Å²) in [6.45, 7) is 4.35. The number of carbonyl (C=O) groups is 1. The third kappa shape index (κ3) is 4.88. The summed E-state index contributed by atoms with van der Waals surface area (Å²) in [5, 5.41) is 2.84. The Bertz CT molecular complexity index is 625. The van der Waals surface area contributed by atoms with Crippen molar-refractivity contribution in [2.24, 2.45) is 0 Å². The van der Waals surface area contributed by atoms with Crippen molar-refractivity contribution in [2.75, 3.05) is 11.9 Å². The molecule has 0 aliphatic rings. The van der Waals surface area contributed by atoms with Crippen molar-refractivity contribution >= 4 is 27.5 Å². The lowest BCUT2D eigenvalue weighted by Crippen LogP contribution is -2.20. The van der Waals surface area contributed by atoms with E-state index >= 15 is 0 Å². The summed E-state index contributed by atoms with van der Waals surface area (Å²) in [5.41, 5.74) is 2.07. The molecule has 2 rings (SSSR count). The van der Waals surface area contributed by atoms with Gasteiger partial charge in [-0.25, -0.2) is 0 Å². The lowest BCUT2D eigenvalue weighted by molar-refractivity contribution is -0.118. The number of amides is 1. The largest absolute Gasteiger partial charge is 0.484 e. The number of anilines is 1. The number of benzene rings is 2. The zero-order chi connectivity index (χ0) is 15.9. The molecular weight excluding hydrogens is 342 g/mol. The molecule has 1 atom stereocenters. The van der Waals surface area contributed by atoms with Crippen LogP contribution in [0.25, 0.3) is 0 Å². The lowest BCUT2D eigenvalue weighted by atomic mass is 9.99. The van der Waals surface area contributed by atoms with Crippen LogP contribution in [0.15, 0.2) is 53.0 Å². The topological polar surface area (TPSA) is 38.3 Å². The molecule has 0 radical (unpaired) electrons. The van der Waals surface area contributed by atoms with Crippen molar-refractivity contribution in [3.05, 3.63) is 58.6 Å². The highest BCUT2D eigenvalue weighted by Crippen LogP contribution is 2.21. The zero-order valence-corrected chi connectivity index (χ0v) is 14.4. The van der Waals surface area contributed by atoms with E-state index in [1.54, 1.807) is 0 Å². The van der Waals surface area contributed by atoms with E-state index in [9.17, 15) is 4.79 Å². The van der Waals surface area contributed by atoms with Crippen LogP contribution in [-0.4, -0.2) is 12.5 Å². The molecule has 1 N–H and O–H groups in total. The number of halogens is 1. The van der Waals surface area contributed by atoms with Gasteiger partial charge >= 0.3 is 0 Å². The van der Waals surface area contributed by atoms with Crippen LogP contribution in [0.2, 0.25) is 0 Å². The van der Waals surface area contributed by atoms with Crippen molar-refractivity contribution < 1.29 is 9.53 Å². The Morgan fingerprint density at radius 3 is 2.59 bits per heavy atom. The monoisotopic (exact) mass is 361 g/mol. The van der Waals surface area contributed by atoms with E-state index in [0.717, 1.165) is 16.6 Å². The fourth-order valence-corrected chi connectivity index (χ4v) is 2.41. The van der Waals surface area contributed by atoms with Gasteiger partial charge in [-0.15, -0.1) is 0 Å². The summed E-state index contributed by atoms with van der Waals surface area (Å²) in [6.07, 6.45) is 1.10. The average molecular weight is 362 g/mol. The van der Waals surface area contributed by atoms with Crippen molar-refractivity contribution in [3.63, 3.8) is 0 Å². The molecule has 0 saturated carbocycles. The van der Waals surface area contributed by atoms with Crippen LogP contribution in [0.5, 0.6) is 5.75 Å². The number of hydrogen-bond acceptors (Lipinski definition) is 2. The first-order valence-corrected chi connectivity index (χ1v) is 8.16. The van der Waals surface area contributed by atoms with Gasteiger partial charge in [0, 0.05) is 10.2 Å². The van der Waals surface area contributed by atoms with E-state index in [0.29, 0.717) is 11.7 Å². The van der Waals surface area contributed by atoms with E-state index in [-0.39, 0.29) is 12.5 Å². The van der Waals surface area contributed by atoms with Gasteiger partial charge in [-0.2, -0.15) is 0 Å². The second-order valence-electron chi connectivity index (χ2n) is 5.23. The fourth-order valence-electron chi connectivity index (χ4n) is 2.03. The van der Waals surface area contributed by atoms with Gasteiger partial charge in [-0.05, 0) is 48.2 Å². The van der Waals surface area contributed by atoms with Crippen LogP contribution in [0.1, 0.15) is 31.7 Å². The normalized spacial score (nSPS) is 11.8. The van der Waals surface area contributed by atoms with Crippen LogP contribution in [0.3, 0.4) is 0 Å². The molecule has 22 heavy (non-hydrogen) atoms. The first kappa shape index (κ1) is 16.6. The summed E-state index contributed by atoms with van der Waals surface area (Å²) in [4.78, 5) is 11.9. The van der Waals surface area contributed by atoms with Crippen LogP contribution in [0, 0.1) is 0 Å². The molecule has 2 aromatic carbocycles. The summed E-state index contributed by atoms with van der Waals surface area (Å²) < 4.78 is 6.38. The second kappa shape index (κ2) is 7.99. The van der Waals surface area contributed by atoms with Crippen molar-refractivity contribution in [1.82, 2.24) is 0 Å². The molecule has 1 amide bonds. The Morgan fingerprint density at radius 1 is 1.23 bits per heavy atom. The Hall–Kier alpha value is -1.81. The number of rotatable bonds is 6. The van der Waals surface area contributed by atoms with Crippen LogP contribution in [0.4, 0.5) is 5.69 Å². The molecule has 0 aliphatic heterocycles. The van der Waals surface area contributed by atoms with Crippen LogP contribution >= 0.6 is 15.9 Å². The lowest BCUT2D eigenvalue weighted by Gasteiger charge is -2.11. The Labute approximate surface area is 139 Å². The Kier molecular flexibility index (Phi) is 6.01. The predicted molar refractivity (Wildman–Crippen MR) is 93.4 cm³/mol. The summed E-state index contributed by atoms with van der Waals surface area (Å²) in [7, 11) is 0. The van der Waals surface area contributed by atoms with E-state index < -0.39 is 0 Å². The van der Waals surface area contributed by atoms with Gasteiger partial charge in [0.15, 0.2) is 6.61 Å². The Balaban J connectivity index is 1.86. The minimum Gasteiger partial charge on any atom is -0.484 e.